The van der Waals surface area contributed by atoms with Crippen LogP contribution in [0.25, 0.3) is 0 Å². The smallest absolute Gasteiger partial charge is 0.268 e. The van der Waals surface area contributed by atoms with Gasteiger partial charge in [0.25, 0.3) is 7.82 Å². The van der Waals surface area contributed by atoms with Gasteiger partial charge >= 0.3 is 0 Å². The number of aliphatic hydroxyl groups is 1. The van der Waals surface area contributed by atoms with Gasteiger partial charge in [0.1, 0.15) is 13.2 Å². The lowest BCUT2D eigenvalue weighted by Gasteiger charge is -2.29. The Bertz CT molecular complexity index is 1280. The Morgan fingerprint density at radius 1 is 0.581 bits per heavy atom. The van der Waals surface area contributed by atoms with Crippen LogP contribution in [-0.4, -0.2) is 68.5 Å². The Balaban J connectivity index is 4.45. The summed E-state index contributed by atoms with van der Waals surface area (Å²) in [6.45, 7) is 4.49. The van der Waals surface area contributed by atoms with Gasteiger partial charge in [-0.3, -0.25) is 9.36 Å². The molecule has 0 saturated heterocycles. The molecule has 3 atom stereocenters. The van der Waals surface area contributed by atoms with E-state index in [4.69, 9.17) is 9.05 Å². The molecule has 9 heteroatoms. The highest BCUT2D eigenvalue weighted by Crippen LogP contribution is 2.38. The minimum atomic E-state index is -4.61. The predicted octanol–water partition coefficient (Wildman–Crippen LogP) is 13.9. The highest BCUT2D eigenvalue weighted by molar-refractivity contribution is 7.45. The third-order valence-corrected chi connectivity index (χ3v) is 11.6. The number of amides is 1. The molecule has 358 valence electrons. The summed E-state index contributed by atoms with van der Waals surface area (Å²) in [5.74, 6) is -0.229. The van der Waals surface area contributed by atoms with Crippen LogP contribution < -0.4 is 10.2 Å². The van der Waals surface area contributed by atoms with E-state index in [1.165, 1.54) is 83.5 Å². The van der Waals surface area contributed by atoms with Crippen LogP contribution in [0.5, 0.6) is 0 Å². The fourth-order valence-corrected chi connectivity index (χ4v) is 7.39. The monoisotopic (exact) mass is 887 g/mol. The largest absolute Gasteiger partial charge is 0.756 e. The van der Waals surface area contributed by atoms with Crippen molar-refractivity contribution >= 4 is 13.7 Å². The summed E-state index contributed by atoms with van der Waals surface area (Å²) in [7, 11) is 1.22. The Morgan fingerprint density at radius 3 is 1.50 bits per heavy atom. The van der Waals surface area contributed by atoms with Crippen molar-refractivity contribution in [1.82, 2.24) is 5.32 Å². The van der Waals surface area contributed by atoms with E-state index in [0.29, 0.717) is 17.4 Å². The molecule has 0 spiro atoms. The predicted molar refractivity (Wildman–Crippen MR) is 265 cm³/mol. The van der Waals surface area contributed by atoms with Gasteiger partial charge in [-0.15, -0.1) is 0 Å². The molecule has 0 saturated carbocycles. The number of allylic oxidation sites excluding steroid dienone is 13. The van der Waals surface area contributed by atoms with Crippen LogP contribution in [0.3, 0.4) is 0 Å². The van der Waals surface area contributed by atoms with Crippen molar-refractivity contribution in [2.24, 2.45) is 0 Å². The number of nitrogens with one attached hydrogen (secondary N) is 1. The van der Waals surface area contributed by atoms with Crippen molar-refractivity contribution in [2.75, 3.05) is 40.9 Å². The van der Waals surface area contributed by atoms with Crippen LogP contribution in [0.15, 0.2) is 85.1 Å². The molecule has 0 heterocycles. The number of hydrogen-bond donors (Lipinski definition) is 2. The highest BCUT2D eigenvalue weighted by Gasteiger charge is 2.23. The summed E-state index contributed by atoms with van der Waals surface area (Å²) in [6, 6.07) is -0.919. The van der Waals surface area contributed by atoms with E-state index in [1.54, 1.807) is 6.08 Å². The maximum atomic E-state index is 12.9. The quantitative estimate of drug-likeness (QED) is 0.0273. The van der Waals surface area contributed by atoms with Crippen LogP contribution >= 0.6 is 7.82 Å². The fourth-order valence-electron chi connectivity index (χ4n) is 6.66. The SMILES string of the molecule is CC/C=C\C/C=C\C/C=C\C/C=C\C/C=C\CCCCCCCC(=O)NC(COP(=O)([O-])OCC[N+](C)(C)C)C(O)/C=C/CC/C=C/CCCCCCCCCCCCCCC. The van der Waals surface area contributed by atoms with Gasteiger partial charge < -0.3 is 28.8 Å². The molecule has 0 fully saturated rings. The van der Waals surface area contributed by atoms with E-state index in [9.17, 15) is 19.4 Å². The summed E-state index contributed by atoms with van der Waals surface area (Å²) in [5.41, 5.74) is 0. The summed E-state index contributed by atoms with van der Waals surface area (Å²) >= 11 is 0. The van der Waals surface area contributed by atoms with Gasteiger partial charge in [-0.2, -0.15) is 0 Å². The molecule has 0 radical (unpaired) electrons. The lowest BCUT2D eigenvalue weighted by atomic mass is 10.0. The number of carbonyl (C=O) groups is 1. The average molecular weight is 887 g/mol. The lowest BCUT2D eigenvalue weighted by Crippen LogP contribution is -2.45. The van der Waals surface area contributed by atoms with E-state index in [0.717, 1.165) is 89.9 Å². The Hall–Kier alpha value is -2.32. The van der Waals surface area contributed by atoms with Gasteiger partial charge in [0.2, 0.25) is 5.91 Å². The van der Waals surface area contributed by atoms with Crippen LogP contribution in [0.1, 0.15) is 194 Å². The van der Waals surface area contributed by atoms with E-state index >= 15 is 0 Å². The second-order valence-electron chi connectivity index (χ2n) is 17.8. The number of phosphoric acid groups is 1. The summed E-state index contributed by atoms with van der Waals surface area (Å²) in [6.07, 6.45) is 60.7. The van der Waals surface area contributed by atoms with Crippen molar-refractivity contribution in [3.63, 3.8) is 0 Å². The van der Waals surface area contributed by atoms with Crippen molar-refractivity contribution in [2.45, 2.75) is 206 Å². The lowest BCUT2D eigenvalue weighted by molar-refractivity contribution is -0.870. The number of nitrogens with zero attached hydrogens (tertiary/aromatic N) is 1. The zero-order valence-electron chi connectivity index (χ0n) is 40.5. The Kier molecular flexibility index (Phi) is 42.3. The number of hydrogen-bond acceptors (Lipinski definition) is 6. The van der Waals surface area contributed by atoms with Crippen LogP contribution in [0.4, 0.5) is 0 Å². The average Bonchev–Trinajstić information content (AvgIpc) is 3.23. The van der Waals surface area contributed by atoms with Gasteiger partial charge in [0, 0.05) is 6.42 Å². The summed E-state index contributed by atoms with van der Waals surface area (Å²) < 4.78 is 23.2. The second kappa shape index (κ2) is 43.9. The fraction of sp³-hybridized carbons (Fsp3) is 0.717. The molecule has 3 unspecified atom stereocenters. The number of carbonyl (C=O) groups excluding carboxylic acids is 1. The molecule has 0 aliphatic carbocycles. The summed E-state index contributed by atoms with van der Waals surface area (Å²) in [4.78, 5) is 25.4. The number of phosphoric ester groups is 1. The maximum absolute atomic E-state index is 12.9. The molecule has 0 aromatic heterocycles. The highest BCUT2D eigenvalue weighted by atomic mass is 31.2. The van der Waals surface area contributed by atoms with Crippen LogP contribution in [0, 0.1) is 0 Å². The Morgan fingerprint density at radius 2 is 1.00 bits per heavy atom. The molecule has 0 aliphatic rings. The number of unbranched alkanes of at least 4 members (excludes halogenated alkanes) is 19. The normalized spacial score (nSPS) is 14.9. The third kappa shape index (κ3) is 45.7. The first-order chi connectivity index (χ1) is 30.0. The van der Waals surface area contributed by atoms with E-state index in [2.05, 4.69) is 92.1 Å². The van der Waals surface area contributed by atoms with Gasteiger partial charge in [-0.05, 0) is 77.0 Å². The number of aliphatic hydroxyl groups excluding tert-OH is 1. The zero-order chi connectivity index (χ0) is 45.7. The molecule has 0 aromatic carbocycles. The minimum absolute atomic E-state index is 0.0149. The van der Waals surface area contributed by atoms with Crippen molar-refractivity contribution in [3.05, 3.63) is 85.1 Å². The molecule has 0 rings (SSSR count). The van der Waals surface area contributed by atoms with Crippen LogP contribution in [-0.2, 0) is 18.4 Å². The van der Waals surface area contributed by atoms with Crippen molar-refractivity contribution in [3.8, 4) is 0 Å². The van der Waals surface area contributed by atoms with E-state index in [1.807, 2.05) is 27.2 Å². The molecule has 8 nitrogen and oxygen atoms in total. The van der Waals surface area contributed by atoms with Crippen LogP contribution in [0.2, 0.25) is 0 Å². The number of quaternary nitrogens is 1. The third-order valence-electron chi connectivity index (χ3n) is 10.6. The van der Waals surface area contributed by atoms with Crippen molar-refractivity contribution < 1.29 is 32.9 Å². The molecule has 0 aliphatic heterocycles. The molecule has 1 amide bonds. The van der Waals surface area contributed by atoms with Gasteiger partial charge in [0.15, 0.2) is 0 Å². The standard InChI is InChI=1S/C53H95N2O6P/c1-6-8-10-12-14-16-18-20-22-24-26-27-29-31-33-35-37-39-41-43-45-47-53(57)54-51(50-61-62(58,59)60-49-48-55(3,4)5)52(56)46-44-42-40-38-36-34-32-30-28-25-23-21-19-17-15-13-11-9-7-2/h8,10,14,16,20,22,26-27,31,33,36,38,44,46,51-52,56H,6-7,9,11-13,15,17-19,21,23-25,28-30,32,34-35,37,39-43,45,47-50H2,1-5H3,(H-,54,57,58,59)/b10-8-,16-14-,22-20-,27-26-,33-31-,38-36+,46-44+. The van der Waals surface area contributed by atoms with Gasteiger partial charge in [0.05, 0.1) is 39.9 Å². The second-order valence-corrected chi connectivity index (χ2v) is 19.2. The molecule has 62 heavy (non-hydrogen) atoms. The van der Waals surface area contributed by atoms with Gasteiger partial charge in [-0.1, -0.05) is 195 Å². The Labute approximate surface area is 382 Å². The van der Waals surface area contributed by atoms with E-state index in [-0.39, 0.29) is 12.5 Å². The molecular weight excluding hydrogens is 792 g/mol. The first kappa shape index (κ1) is 59.7. The topological polar surface area (TPSA) is 108 Å². The molecule has 2 N–H and O–H groups in total. The maximum Gasteiger partial charge on any atom is 0.268 e. The molecule has 0 aromatic rings. The number of rotatable bonds is 44. The molecule has 0 bridgehead atoms. The number of likely N-dealkylation sites (N-methyl/N-ethyl adjacent to an activating group) is 1. The van der Waals surface area contributed by atoms with Crippen molar-refractivity contribution in [1.29, 1.82) is 0 Å². The summed E-state index contributed by atoms with van der Waals surface area (Å²) in [5, 5.41) is 13.8. The first-order valence-electron chi connectivity index (χ1n) is 24.9. The minimum Gasteiger partial charge on any atom is -0.756 e. The van der Waals surface area contributed by atoms with E-state index < -0.39 is 26.6 Å². The first-order valence-corrected chi connectivity index (χ1v) is 26.4. The molecular formula is C53H95N2O6P. The van der Waals surface area contributed by atoms with Gasteiger partial charge in [-0.25, -0.2) is 0 Å². The zero-order valence-corrected chi connectivity index (χ0v) is 41.4.